The van der Waals surface area contributed by atoms with E-state index in [2.05, 4.69) is 10.3 Å². The number of benzene rings is 1. The molecule has 9 nitrogen and oxygen atoms in total. The normalized spacial score (nSPS) is 22.6. The molecule has 11 heteroatoms. The number of methoxy groups -OCH3 is 1. The first kappa shape index (κ1) is 25.4. The molecule has 0 amide bonds. The van der Waals surface area contributed by atoms with Gasteiger partial charge < -0.3 is 19.9 Å². The summed E-state index contributed by atoms with van der Waals surface area (Å²) in [5.74, 6) is -2.32. The molecule has 2 unspecified atom stereocenters. The Hall–Kier alpha value is -3.70. The minimum atomic E-state index is -1.32. The highest BCUT2D eigenvalue weighted by atomic mass is 19.1. The van der Waals surface area contributed by atoms with Crippen molar-refractivity contribution in [2.24, 2.45) is 4.99 Å². The van der Waals surface area contributed by atoms with Gasteiger partial charge in [0, 0.05) is 24.8 Å². The zero-order chi connectivity index (χ0) is 25.9. The van der Waals surface area contributed by atoms with Gasteiger partial charge in [-0.2, -0.15) is 0 Å². The number of morpholine rings is 1. The number of hydrogen-bond acceptors (Lipinski definition) is 8. The van der Waals surface area contributed by atoms with Crippen molar-refractivity contribution < 1.29 is 33.0 Å². The van der Waals surface area contributed by atoms with Crippen molar-refractivity contribution in [1.82, 2.24) is 15.2 Å². The number of pyridine rings is 1. The van der Waals surface area contributed by atoms with E-state index in [-0.39, 0.29) is 31.0 Å². The monoisotopic (exact) mass is 500 g/mol. The number of hydrogen-bond donors (Lipinski definition) is 2. The van der Waals surface area contributed by atoms with Crippen molar-refractivity contribution in [2.75, 3.05) is 33.4 Å². The molecule has 0 aliphatic carbocycles. The van der Waals surface area contributed by atoms with E-state index < -0.39 is 35.2 Å². The SMILES string of the molecule is COC(=O)C1=C(CN2CCOCC2CC(=O)O)NC(c2ccc(F)cn2)=NC1(C)c1ccc(F)cc1. The Morgan fingerprint density at radius 1 is 1.22 bits per heavy atom. The number of carboxylic acid groups (broad SMARTS) is 1. The largest absolute Gasteiger partial charge is 0.481 e. The maximum atomic E-state index is 13.7. The minimum Gasteiger partial charge on any atom is -0.481 e. The molecular formula is C25H26F2N4O5. The molecule has 1 aromatic heterocycles. The highest BCUT2D eigenvalue weighted by Gasteiger charge is 2.43. The summed E-state index contributed by atoms with van der Waals surface area (Å²) < 4.78 is 37.9. The third kappa shape index (κ3) is 5.26. The molecule has 2 atom stereocenters. The lowest BCUT2D eigenvalue weighted by molar-refractivity contribution is -0.140. The van der Waals surface area contributed by atoms with Crippen LogP contribution in [0.4, 0.5) is 8.78 Å². The Morgan fingerprint density at radius 2 is 1.94 bits per heavy atom. The van der Waals surface area contributed by atoms with Crippen molar-refractivity contribution in [3.8, 4) is 0 Å². The second-order valence-electron chi connectivity index (χ2n) is 8.67. The maximum Gasteiger partial charge on any atom is 0.338 e. The van der Waals surface area contributed by atoms with Crippen LogP contribution in [0.2, 0.25) is 0 Å². The van der Waals surface area contributed by atoms with E-state index in [1.807, 2.05) is 4.90 Å². The standard InChI is InChI=1S/C25H26F2N4O5/c1-25(15-3-5-16(26)6-4-15)22(24(34)35-2)20(13-31-9-10-36-14-18(31)11-21(32)33)29-23(30-25)19-8-7-17(27)12-28-19/h3-8,12,18H,9-11,13-14H2,1-2H3,(H,29,30)(H,32,33). The van der Waals surface area contributed by atoms with Crippen LogP contribution in [0.1, 0.15) is 24.6 Å². The van der Waals surface area contributed by atoms with Crippen LogP contribution in [0.15, 0.2) is 58.9 Å². The number of esters is 1. The van der Waals surface area contributed by atoms with Crippen molar-refractivity contribution in [3.63, 3.8) is 0 Å². The van der Waals surface area contributed by atoms with Gasteiger partial charge >= 0.3 is 11.9 Å². The van der Waals surface area contributed by atoms with Gasteiger partial charge in [-0.05, 0) is 36.8 Å². The first-order chi connectivity index (χ1) is 17.2. The number of aliphatic imine (C=N–C) groups is 1. The maximum absolute atomic E-state index is 13.7. The number of aromatic nitrogens is 1. The Kier molecular flexibility index (Phi) is 7.41. The molecular weight excluding hydrogens is 474 g/mol. The molecule has 2 aromatic rings. The number of ether oxygens (including phenoxy) is 2. The average molecular weight is 501 g/mol. The second-order valence-corrected chi connectivity index (χ2v) is 8.67. The molecule has 0 bridgehead atoms. The first-order valence-electron chi connectivity index (χ1n) is 11.3. The highest BCUT2D eigenvalue weighted by Crippen LogP contribution is 2.39. The number of carbonyl (C=O) groups excluding carboxylic acids is 1. The molecule has 2 aliphatic rings. The summed E-state index contributed by atoms with van der Waals surface area (Å²) in [5.41, 5.74) is 0.133. The molecule has 1 fully saturated rings. The summed E-state index contributed by atoms with van der Waals surface area (Å²) in [4.78, 5) is 35.4. The van der Waals surface area contributed by atoms with E-state index in [0.29, 0.717) is 30.1 Å². The van der Waals surface area contributed by atoms with E-state index in [1.165, 1.54) is 43.5 Å². The molecule has 0 radical (unpaired) electrons. The van der Waals surface area contributed by atoms with Gasteiger partial charge in [-0.25, -0.2) is 23.6 Å². The lowest BCUT2D eigenvalue weighted by atomic mass is 9.82. The molecule has 2 N–H and O–H groups in total. The van der Waals surface area contributed by atoms with Crippen LogP contribution in [0.3, 0.4) is 0 Å². The van der Waals surface area contributed by atoms with Crippen LogP contribution in [-0.2, 0) is 24.6 Å². The smallest absolute Gasteiger partial charge is 0.338 e. The minimum absolute atomic E-state index is 0.142. The van der Waals surface area contributed by atoms with Gasteiger partial charge in [-0.15, -0.1) is 0 Å². The Morgan fingerprint density at radius 3 is 2.58 bits per heavy atom. The Balaban J connectivity index is 1.84. The van der Waals surface area contributed by atoms with Crippen molar-refractivity contribution >= 4 is 17.8 Å². The third-order valence-corrected chi connectivity index (χ3v) is 6.28. The predicted molar refractivity (Wildman–Crippen MR) is 125 cm³/mol. The van der Waals surface area contributed by atoms with Crippen molar-refractivity contribution in [3.05, 3.63) is 76.8 Å². The number of nitrogens with one attached hydrogen (secondary N) is 1. The zero-order valence-corrected chi connectivity index (χ0v) is 19.8. The topological polar surface area (TPSA) is 113 Å². The van der Waals surface area contributed by atoms with E-state index in [9.17, 15) is 23.5 Å². The van der Waals surface area contributed by atoms with Gasteiger partial charge in [0.15, 0.2) is 5.84 Å². The van der Waals surface area contributed by atoms with E-state index in [1.54, 1.807) is 6.92 Å². The van der Waals surface area contributed by atoms with Gasteiger partial charge in [0.25, 0.3) is 0 Å². The molecule has 1 aromatic carbocycles. The fraction of sp³-hybridized carbons (Fsp3) is 0.360. The van der Waals surface area contributed by atoms with Gasteiger partial charge in [-0.1, -0.05) is 12.1 Å². The molecule has 2 aliphatic heterocycles. The predicted octanol–water partition coefficient (Wildman–Crippen LogP) is 2.23. The summed E-state index contributed by atoms with van der Waals surface area (Å²) in [6.45, 7) is 2.91. The number of rotatable bonds is 7. The number of aliphatic carboxylic acids is 1. The molecule has 1 saturated heterocycles. The summed E-state index contributed by atoms with van der Waals surface area (Å²) in [5, 5.41) is 12.5. The van der Waals surface area contributed by atoms with Gasteiger partial charge in [0.05, 0.1) is 38.5 Å². The highest BCUT2D eigenvalue weighted by molar-refractivity contribution is 6.03. The summed E-state index contributed by atoms with van der Waals surface area (Å²) in [6, 6.07) is 7.87. The molecule has 0 spiro atoms. The second kappa shape index (κ2) is 10.5. The summed E-state index contributed by atoms with van der Waals surface area (Å²) in [7, 11) is 1.25. The van der Waals surface area contributed by atoms with Gasteiger partial charge in [0.2, 0.25) is 0 Å². The fourth-order valence-electron chi connectivity index (χ4n) is 4.46. The zero-order valence-electron chi connectivity index (χ0n) is 19.8. The van der Waals surface area contributed by atoms with Crippen molar-refractivity contribution in [1.29, 1.82) is 0 Å². The number of halogens is 2. The lowest BCUT2D eigenvalue weighted by Gasteiger charge is -2.39. The number of nitrogens with zero attached hydrogens (tertiary/aromatic N) is 3. The van der Waals surface area contributed by atoms with Crippen LogP contribution in [0.25, 0.3) is 0 Å². The average Bonchev–Trinajstić information content (AvgIpc) is 2.85. The molecule has 4 rings (SSSR count). The Labute approximate surface area is 206 Å². The number of carbonyl (C=O) groups is 2. The quantitative estimate of drug-likeness (QED) is 0.557. The van der Waals surface area contributed by atoms with Crippen LogP contribution >= 0.6 is 0 Å². The van der Waals surface area contributed by atoms with Crippen LogP contribution in [-0.4, -0.2) is 72.2 Å². The Bertz CT molecular complexity index is 1200. The van der Waals surface area contributed by atoms with E-state index in [4.69, 9.17) is 14.5 Å². The third-order valence-electron chi connectivity index (χ3n) is 6.28. The van der Waals surface area contributed by atoms with Crippen LogP contribution < -0.4 is 5.32 Å². The molecule has 190 valence electrons. The fourth-order valence-corrected chi connectivity index (χ4v) is 4.46. The number of amidine groups is 1. The van der Waals surface area contributed by atoms with Gasteiger partial charge in [0.1, 0.15) is 22.9 Å². The van der Waals surface area contributed by atoms with E-state index in [0.717, 1.165) is 6.20 Å². The van der Waals surface area contributed by atoms with Crippen molar-refractivity contribution in [2.45, 2.75) is 24.9 Å². The summed E-state index contributed by atoms with van der Waals surface area (Å²) in [6.07, 6.45) is 0.912. The molecule has 3 heterocycles. The van der Waals surface area contributed by atoms with Crippen LogP contribution in [0.5, 0.6) is 0 Å². The molecule has 0 saturated carbocycles. The number of carboxylic acids is 1. The van der Waals surface area contributed by atoms with E-state index >= 15 is 0 Å². The molecule has 36 heavy (non-hydrogen) atoms. The lowest BCUT2D eigenvalue weighted by Crippen LogP contribution is -2.51. The first-order valence-corrected chi connectivity index (χ1v) is 11.3. The summed E-state index contributed by atoms with van der Waals surface area (Å²) >= 11 is 0. The van der Waals surface area contributed by atoms with Gasteiger partial charge in [-0.3, -0.25) is 9.69 Å². The van der Waals surface area contributed by atoms with Crippen LogP contribution in [0, 0.1) is 11.6 Å².